The summed E-state index contributed by atoms with van der Waals surface area (Å²) in [5.41, 5.74) is 2.25. The lowest BCUT2D eigenvalue weighted by Gasteiger charge is -2.42. The number of carbonyl (C=O) groups is 2. The minimum atomic E-state index is -0.154. The smallest absolute Gasteiger partial charge is 0.228 e. The van der Waals surface area contributed by atoms with Crippen LogP contribution in [0.25, 0.3) is 0 Å². The Labute approximate surface area is 150 Å². The molecule has 25 heavy (non-hydrogen) atoms. The molecule has 136 valence electrons. The summed E-state index contributed by atoms with van der Waals surface area (Å²) in [6.45, 7) is 8.72. The van der Waals surface area contributed by atoms with Gasteiger partial charge in [-0.2, -0.15) is 0 Å². The standard InChI is InChI=1S/C20H29N3O2/c1-4-22-11-13-23(14-12-22)20(25)17-9-10-18(24)21(3)19(17)16-7-5-15(2)6-8-16/h5-8,17,19H,4,9-14H2,1-3H3/t17-,19+/m1/s1. The van der Waals surface area contributed by atoms with Crippen molar-refractivity contribution in [1.29, 1.82) is 0 Å². The molecular weight excluding hydrogens is 314 g/mol. The molecule has 0 radical (unpaired) electrons. The van der Waals surface area contributed by atoms with E-state index in [1.807, 2.05) is 11.9 Å². The molecule has 1 aromatic rings. The third-order valence-corrected chi connectivity index (χ3v) is 5.73. The molecular formula is C20H29N3O2. The van der Waals surface area contributed by atoms with E-state index in [0.29, 0.717) is 12.8 Å². The molecule has 0 aliphatic carbocycles. The minimum absolute atomic E-state index is 0.130. The van der Waals surface area contributed by atoms with Crippen molar-refractivity contribution in [3.05, 3.63) is 35.4 Å². The normalized spacial score (nSPS) is 25.3. The zero-order chi connectivity index (χ0) is 18.0. The third-order valence-electron chi connectivity index (χ3n) is 5.73. The molecule has 2 heterocycles. The van der Waals surface area contributed by atoms with E-state index >= 15 is 0 Å². The second kappa shape index (κ2) is 7.56. The van der Waals surface area contributed by atoms with Gasteiger partial charge in [0.25, 0.3) is 0 Å². The highest BCUT2D eigenvalue weighted by molar-refractivity contribution is 5.85. The average molecular weight is 343 g/mol. The number of carbonyl (C=O) groups excluding carboxylic acids is 2. The zero-order valence-corrected chi connectivity index (χ0v) is 15.6. The maximum absolute atomic E-state index is 13.2. The fraction of sp³-hybridized carbons (Fsp3) is 0.600. The molecule has 0 aromatic heterocycles. The van der Waals surface area contributed by atoms with E-state index < -0.39 is 0 Å². The number of nitrogens with zero attached hydrogens (tertiary/aromatic N) is 3. The molecule has 0 N–H and O–H groups in total. The fourth-order valence-electron chi connectivity index (χ4n) is 4.04. The van der Waals surface area contributed by atoms with E-state index in [9.17, 15) is 9.59 Å². The van der Waals surface area contributed by atoms with Gasteiger partial charge in [0.15, 0.2) is 0 Å². The Morgan fingerprint density at radius 3 is 2.36 bits per heavy atom. The zero-order valence-electron chi connectivity index (χ0n) is 15.6. The molecule has 5 heteroatoms. The first kappa shape index (κ1) is 17.9. The molecule has 2 amide bonds. The van der Waals surface area contributed by atoms with Crippen LogP contribution < -0.4 is 0 Å². The van der Waals surface area contributed by atoms with Gasteiger partial charge in [0.1, 0.15) is 0 Å². The number of likely N-dealkylation sites (N-methyl/N-ethyl adjacent to an activating group) is 1. The predicted molar refractivity (Wildman–Crippen MR) is 98.1 cm³/mol. The Bertz CT molecular complexity index is 620. The van der Waals surface area contributed by atoms with Gasteiger partial charge in [0.2, 0.25) is 11.8 Å². The van der Waals surface area contributed by atoms with Crippen LogP contribution in [-0.4, -0.2) is 66.3 Å². The summed E-state index contributed by atoms with van der Waals surface area (Å²) >= 11 is 0. The van der Waals surface area contributed by atoms with E-state index in [1.54, 1.807) is 4.90 Å². The lowest BCUT2D eigenvalue weighted by atomic mass is 9.83. The van der Waals surface area contributed by atoms with Crippen LogP contribution in [0.3, 0.4) is 0 Å². The maximum atomic E-state index is 13.2. The number of hydrogen-bond donors (Lipinski definition) is 0. The van der Waals surface area contributed by atoms with Gasteiger partial charge in [0.05, 0.1) is 12.0 Å². The van der Waals surface area contributed by atoms with Crippen molar-refractivity contribution in [2.24, 2.45) is 5.92 Å². The molecule has 2 saturated heterocycles. The molecule has 0 saturated carbocycles. The van der Waals surface area contributed by atoms with Crippen molar-refractivity contribution >= 4 is 11.8 Å². The van der Waals surface area contributed by atoms with Gasteiger partial charge in [-0.1, -0.05) is 36.8 Å². The van der Waals surface area contributed by atoms with Crippen LogP contribution in [0.5, 0.6) is 0 Å². The highest BCUT2D eigenvalue weighted by atomic mass is 16.2. The minimum Gasteiger partial charge on any atom is -0.340 e. The Balaban J connectivity index is 1.81. The number of piperidine rings is 1. The predicted octanol–water partition coefficient (Wildman–Crippen LogP) is 2.07. The molecule has 2 aliphatic heterocycles. The summed E-state index contributed by atoms with van der Waals surface area (Å²) in [5, 5.41) is 0. The first-order valence-electron chi connectivity index (χ1n) is 9.34. The van der Waals surface area contributed by atoms with E-state index in [-0.39, 0.29) is 23.8 Å². The summed E-state index contributed by atoms with van der Waals surface area (Å²) < 4.78 is 0. The Hall–Kier alpha value is -1.88. The van der Waals surface area contributed by atoms with Crippen LogP contribution in [0.15, 0.2) is 24.3 Å². The number of hydrogen-bond acceptors (Lipinski definition) is 3. The van der Waals surface area contributed by atoms with Gasteiger partial charge in [-0.3, -0.25) is 9.59 Å². The van der Waals surface area contributed by atoms with E-state index in [4.69, 9.17) is 0 Å². The first-order valence-corrected chi connectivity index (χ1v) is 9.34. The van der Waals surface area contributed by atoms with Crippen molar-refractivity contribution in [1.82, 2.24) is 14.7 Å². The highest BCUT2D eigenvalue weighted by Crippen LogP contribution is 2.37. The molecule has 0 spiro atoms. The summed E-state index contributed by atoms with van der Waals surface area (Å²) in [5.74, 6) is 0.199. The van der Waals surface area contributed by atoms with E-state index in [1.165, 1.54) is 5.56 Å². The summed E-state index contributed by atoms with van der Waals surface area (Å²) in [4.78, 5) is 31.6. The lowest BCUT2D eigenvalue weighted by molar-refractivity contribution is -0.147. The summed E-state index contributed by atoms with van der Waals surface area (Å²) in [7, 11) is 1.83. The number of likely N-dealkylation sites (tertiary alicyclic amines) is 1. The molecule has 3 rings (SSSR count). The first-order chi connectivity index (χ1) is 12.0. The van der Waals surface area contributed by atoms with Gasteiger partial charge < -0.3 is 14.7 Å². The van der Waals surface area contributed by atoms with Gasteiger partial charge in [0, 0.05) is 39.6 Å². The molecule has 1 aromatic carbocycles. The number of amides is 2. The maximum Gasteiger partial charge on any atom is 0.228 e. The SMILES string of the molecule is CCN1CCN(C(=O)[C@@H]2CCC(=O)N(C)[C@H]2c2ccc(C)cc2)CC1. The van der Waals surface area contributed by atoms with Crippen LogP contribution >= 0.6 is 0 Å². The van der Waals surface area contributed by atoms with Crippen molar-refractivity contribution in [2.75, 3.05) is 39.8 Å². The Morgan fingerprint density at radius 1 is 1.12 bits per heavy atom. The summed E-state index contributed by atoms with van der Waals surface area (Å²) in [6, 6.07) is 8.08. The van der Waals surface area contributed by atoms with Crippen molar-refractivity contribution in [3.8, 4) is 0 Å². The average Bonchev–Trinajstić information content (AvgIpc) is 2.64. The van der Waals surface area contributed by atoms with Crippen LogP contribution in [-0.2, 0) is 9.59 Å². The molecule has 5 nitrogen and oxygen atoms in total. The number of piperazine rings is 1. The Kier molecular flexibility index (Phi) is 5.42. The van der Waals surface area contributed by atoms with Crippen LogP contribution in [0.4, 0.5) is 0 Å². The molecule has 2 fully saturated rings. The number of rotatable bonds is 3. The van der Waals surface area contributed by atoms with Crippen molar-refractivity contribution < 1.29 is 9.59 Å². The molecule has 0 unspecified atom stereocenters. The van der Waals surface area contributed by atoms with Gasteiger partial charge in [-0.15, -0.1) is 0 Å². The van der Waals surface area contributed by atoms with Gasteiger partial charge in [-0.25, -0.2) is 0 Å². The van der Waals surface area contributed by atoms with Crippen LogP contribution in [0.1, 0.15) is 36.9 Å². The molecule has 2 atom stereocenters. The monoisotopic (exact) mass is 343 g/mol. The summed E-state index contributed by atoms with van der Waals surface area (Å²) in [6.07, 6.45) is 1.11. The highest BCUT2D eigenvalue weighted by Gasteiger charge is 2.40. The quantitative estimate of drug-likeness (QED) is 0.844. The largest absolute Gasteiger partial charge is 0.340 e. The van der Waals surface area contributed by atoms with Crippen molar-refractivity contribution in [3.63, 3.8) is 0 Å². The van der Waals surface area contributed by atoms with Crippen LogP contribution in [0, 0.1) is 12.8 Å². The topological polar surface area (TPSA) is 43.9 Å². The molecule has 0 bridgehead atoms. The van der Waals surface area contributed by atoms with E-state index in [0.717, 1.165) is 38.3 Å². The van der Waals surface area contributed by atoms with E-state index in [2.05, 4.69) is 43.0 Å². The second-order valence-corrected chi connectivity index (χ2v) is 7.26. The van der Waals surface area contributed by atoms with Gasteiger partial charge >= 0.3 is 0 Å². The second-order valence-electron chi connectivity index (χ2n) is 7.26. The number of benzene rings is 1. The van der Waals surface area contributed by atoms with Crippen LogP contribution in [0.2, 0.25) is 0 Å². The number of aryl methyl sites for hydroxylation is 1. The fourth-order valence-corrected chi connectivity index (χ4v) is 4.04. The third kappa shape index (κ3) is 3.71. The molecule has 2 aliphatic rings. The lowest BCUT2D eigenvalue weighted by Crippen LogP contribution is -2.53. The Morgan fingerprint density at radius 2 is 1.76 bits per heavy atom. The van der Waals surface area contributed by atoms with Crippen molar-refractivity contribution in [2.45, 2.75) is 32.7 Å². The van der Waals surface area contributed by atoms with Gasteiger partial charge in [-0.05, 0) is 25.5 Å².